The fourth-order valence-corrected chi connectivity index (χ4v) is 4.80. The largest absolute Gasteiger partial charge is 0.335 e. The SMILES string of the molecule is O=C(Nc1cncc(-c2cc(F)c3n[nH]c(-c4nc5nccc(-c6cccnc6)c5[nH]4)c3c2)c1)C1CCC1. The van der Waals surface area contributed by atoms with Crippen molar-refractivity contribution >= 4 is 33.7 Å². The van der Waals surface area contributed by atoms with Gasteiger partial charge in [0.05, 0.1) is 17.4 Å². The van der Waals surface area contributed by atoms with E-state index in [1.165, 1.54) is 6.07 Å². The second-order valence-corrected chi connectivity index (χ2v) is 9.42. The highest BCUT2D eigenvalue weighted by molar-refractivity contribution is 5.98. The molecule has 7 rings (SSSR count). The second-order valence-electron chi connectivity index (χ2n) is 9.42. The summed E-state index contributed by atoms with van der Waals surface area (Å²) in [6.07, 6.45) is 11.3. The third-order valence-electron chi connectivity index (χ3n) is 7.03. The lowest BCUT2D eigenvalue weighted by atomic mass is 9.85. The number of nitrogens with zero attached hydrogens (tertiary/aromatic N) is 5. The van der Waals surface area contributed by atoms with Crippen LogP contribution < -0.4 is 5.32 Å². The number of aromatic nitrogens is 7. The molecule has 6 aromatic rings. The number of hydrogen-bond acceptors (Lipinski definition) is 6. The lowest BCUT2D eigenvalue weighted by Crippen LogP contribution is -2.28. The quantitative estimate of drug-likeness (QED) is 0.285. The van der Waals surface area contributed by atoms with Crippen LogP contribution in [0.1, 0.15) is 19.3 Å². The molecule has 1 saturated carbocycles. The van der Waals surface area contributed by atoms with Gasteiger partial charge in [0.25, 0.3) is 0 Å². The number of H-pyrrole nitrogens is 2. The van der Waals surface area contributed by atoms with Gasteiger partial charge in [-0.15, -0.1) is 0 Å². The lowest BCUT2D eigenvalue weighted by molar-refractivity contribution is -0.122. The summed E-state index contributed by atoms with van der Waals surface area (Å²) in [6, 6.07) is 10.8. The molecule has 1 aromatic carbocycles. The molecule has 5 aromatic heterocycles. The Bertz CT molecular complexity index is 1820. The molecule has 0 saturated heterocycles. The number of amides is 1. The third-order valence-corrected chi connectivity index (χ3v) is 7.03. The minimum absolute atomic E-state index is 0.00176. The van der Waals surface area contributed by atoms with Crippen molar-refractivity contribution in [1.82, 2.24) is 35.1 Å². The van der Waals surface area contributed by atoms with E-state index in [0.717, 1.165) is 35.9 Å². The molecule has 0 spiro atoms. The maximum absolute atomic E-state index is 15.2. The molecule has 0 atom stereocenters. The molecule has 1 amide bonds. The summed E-state index contributed by atoms with van der Waals surface area (Å²) in [6.45, 7) is 0. The zero-order chi connectivity index (χ0) is 25.6. The minimum atomic E-state index is -0.478. The molecule has 3 N–H and O–H groups in total. The minimum Gasteiger partial charge on any atom is -0.335 e. The maximum Gasteiger partial charge on any atom is 0.227 e. The fraction of sp³-hybridized carbons (Fsp3) is 0.143. The van der Waals surface area contributed by atoms with E-state index in [1.54, 1.807) is 37.1 Å². The molecule has 0 bridgehead atoms. The molecule has 0 aliphatic heterocycles. The Morgan fingerprint density at radius 2 is 1.89 bits per heavy atom. The van der Waals surface area contributed by atoms with Crippen LogP contribution in [0.25, 0.3) is 55.8 Å². The summed E-state index contributed by atoms with van der Waals surface area (Å²) < 4.78 is 15.2. The van der Waals surface area contributed by atoms with Crippen LogP contribution in [0.15, 0.2) is 67.4 Å². The Labute approximate surface area is 215 Å². The first-order chi connectivity index (χ1) is 18.6. The van der Waals surface area contributed by atoms with Crippen molar-refractivity contribution in [3.8, 4) is 33.8 Å². The molecule has 38 heavy (non-hydrogen) atoms. The number of halogens is 1. The van der Waals surface area contributed by atoms with Gasteiger partial charge in [-0.3, -0.25) is 19.9 Å². The normalized spacial score (nSPS) is 13.6. The van der Waals surface area contributed by atoms with Gasteiger partial charge in [-0.1, -0.05) is 12.5 Å². The zero-order valence-electron chi connectivity index (χ0n) is 20.1. The van der Waals surface area contributed by atoms with Crippen LogP contribution in [-0.2, 0) is 4.79 Å². The number of pyridine rings is 3. The maximum atomic E-state index is 15.2. The highest BCUT2D eigenvalue weighted by atomic mass is 19.1. The molecule has 5 heterocycles. The van der Waals surface area contributed by atoms with Gasteiger partial charge in [0.1, 0.15) is 11.2 Å². The zero-order valence-corrected chi connectivity index (χ0v) is 20.1. The van der Waals surface area contributed by atoms with Gasteiger partial charge in [-0.2, -0.15) is 5.10 Å². The highest BCUT2D eigenvalue weighted by Gasteiger charge is 2.25. The number of anilines is 1. The van der Waals surface area contributed by atoms with Crippen molar-refractivity contribution < 1.29 is 9.18 Å². The molecule has 0 unspecified atom stereocenters. The number of imidazole rings is 1. The topological polar surface area (TPSA) is 125 Å². The van der Waals surface area contributed by atoms with Gasteiger partial charge in [0.2, 0.25) is 5.91 Å². The number of fused-ring (bicyclic) bond motifs is 2. The molecule has 10 heteroatoms. The molecule has 9 nitrogen and oxygen atoms in total. The van der Waals surface area contributed by atoms with E-state index in [0.29, 0.717) is 39.4 Å². The van der Waals surface area contributed by atoms with Crippen LogP contribution in [0.4, 0.5) is 10.1 Å². The van der Waals surface area contributed by atoms with Crippen molar-refractivity contribution in [1.29, 1.82) is 0 Å². The van der Waals surface area contributed by atoms with Crippen molar-refractivity contribution in [2.24, 2.45) is 5.92 Å². The first-order valence-electron chi connectivity index (χ1n) is 12.3. The van der Waals surface area contributed by atoms with Crippen molar-refractivity contribution in [2.45, 2.75) is 19.3 Å². The number of aromatic amines is 2. The van der Waals surface area contributed by atoms with Crippen molar-refractivity contribution in [3.05, 3.63) is 73.2 Å². The average molecular weight is 505 g/mol. The summed E-state index contributed by atoms with van der Waals surface area (Å²) in [7, 11) is 0. The average Bonchev–Trinajstić information content (AvgIpc) is 3.52. The predicted octanol–water partition coefficient (Wildman–Crippen LogP) is 5.50. The van der Waals surface area contributed by atoms with Crippen LogP contribution in [0.5, 0.6) is 0 Å². The highest BCUT2D eigenvalue weighted by Crippen LogP contribution is 2.34. The molecule has 186 valence electrons. The Kier molecular flexibility index (Phi) is 5.17. The van der Waals surface area contributed by atoms with E-state index >= 15 is 4.39 Å². The summed E-state index contributed by atoms with van der Waals surface area (Å²) >= 11 is 0. The monoisotopic (exact) mass is 504 g/mol. The first kappa shape index (κ1) is 22.2. The number of benzene rings is 1. The number of carbonyl (C=O) groups excluding carboxylic acids is 1. The van der Waals surface area contributed by atoms with E-state index in [1.807, 2.05) is 24.3 Å². The van der Waals surface area contributed by atoms with E-state index in [2.05, 4.69) is 40.4 Å². The summed E-state index contributed by atoms with van der Waals surface area (Å²) in [5, 5.41) is 10.6. The first-order valence-corrected chi connectivity index (χ1v) is 12.3. The predicted molar refractivity (Wildman–Crippen MR) is 141 cm³/mol. The number of rotatable bonds is 5. The smallest absolute Gasteiger partial charge is 0.227 e. The molecular weight excluding hydrogens is 483 g/mol. The summed E-state index contributed by atoms with van der Waals surface area (Å²) in [4.78, 5) is 33.3. The van der Waals surface area contributed by atoms with Crippen LogP contribution in [0.3, 0.4) is 0 Å². The molecule has 1 fully saturated rings. The summed E-state index contributed by atoms with van der Waals surface area (Å²) in [5.41, 5.74) is 5.71. The Morgan fingerprint density at radius 1 is 1.00 bits per heavy atom. The van der Waals surface area contributed by atoms with Gasteiger partial charge < -0.3 is 10.3 Å². The van der Waals surface area contributed by atoms with E-state index in [4.69, 9.17) is 0 Å². The van der Waals surface area contributed by atoms with Crippen LogP contribution in [-0.4, -0.2) is 41.0 Å². The van der Waals surface area contributed by atoms with Gasteiger partial charge in [0, 0.05) is 52.8 Å². The summed E-state index contributed by atoms with van der Waals surface area (Å²) in [5.74, 6) is 0.0627. The molecule has 1 aliphatic rings. The molecular formula is C28H21FN8O. The van der Waals surface area contributed by atoms with Crippen LogP contribution >= 0.6 is 0 Å². The van der Waals surface area contributed by atoms with E-state index in [-0.39, 0.29) is 17.3 Å². The molecule has 0 radical (unpaired) electrons. The van der Waals surface area contributed by atoms with E-state index < -0.39 is 5.82 Å². The standard InChI is InChI=1S/C28H21FN8O/c29-22-11-17(18-9-19(14-31-13-18)33-28(38)15-3-1-4-15)10-21-23(22)36-37-25(21)27-34-24-20(6-8-32-26(24)35-27)16-5-2-7-30-12-16/h2,5-15H,1,3-4H2,(H,33,38)(H,36,37)(H,32,34,35). The second kappa shape index (κ2) is 8.84. The van der Waals surface area contributed by atoms with Gasteiger partial charge in [-0.05, 0) is 48.7 Å². The molecule has 1 aliphatic carbocycles. The Balaban J connectivity index is 1.29. The van der Waals surface area contributed by atoms with Crippen molar-refractivity contribution in [3.63, 3.8) is 0 Å². The van der Waals surface area contributed by atoms with E-state index in [9.17, 15) is 4.79 Å². The number of nitrogens with one attached hydrogen (secondary N) is 3. The Morgan fingerprint density at radius 3 is 2.71 bits per heavy atom. The van der Waals surface area contributed by atoms with Gasteiger partial charge >= 0.3 is 0 Å². The number of carbonyl (C=O) groups is 1. The van der Waals surface area contributed by atoms with Gasteiger partial charge in [0.15, 0.2) is 17.3 Å². The lowest BCUT2D eigenvalue weighted by Gasteiger charge is -2.24. The Hall–Kier alpha value is -4.99. The van der Waals surface area contributed by atoms with Gasteiger partial charge in [-0.25, -0.2) is 14.4 Å². The van der Waals surface area contributed by atoms with Crippen LogP contribution in [0, 0.1) is 11.7 Å². The van der Waals surface area contributed by atoms with Crippen LogP contribution in [0.2, 0.25) is 0 Å². The van der Waals surface area contributed by atoms with Crippen molar-refractivity contribution in [2.75, 3.05) is 5.32 Å². The third kappa shape index (κ3) is 3.78. The fourth-order valence-electron chi connectivity index (χ4n) is 4.80. The number of hydrogen-bond donors (Lipinski definition) is 3.